The van der Waals surface area contributed by atoms with Crippen molar-refractivity contribution in [3.63, 3.8) is 0 Å². The van der Waals surface area contributed by atoms with Crippen LogP contribution in [0, 0.1) is 5.82 Å². The van der Waals surface area contributed by atoms with Crippen LogP contribution in [0.3, 0.4) is 0 Å². The molecule has 0 radical (unpaired) electrons. The number of halogens is 1. The van der Waals surface area contributed by atoms with E-state index in [0.717, 1.165) is 167 Å². The maximum absolute atomic E-state index is 13.8. The third-order valence-corrected chi connectivity index (χ3v) is 28.1. The molecule has 0 fully saturated rings. The van der Waals surface area contributed by atoms with Gasteiger partial charge in [-0.1, -0.05) is 285 Å². The van der Waals surface area contributed by atoms with Crippen molar-refractivity contribution in [1.82, 2.24) is 27.8 Å². The lowest BCUT2D eigenvalue weighted by atomic mass is 10.0. The molecule has 29 aromatic rings. The van der Waals surface area contributed by atoms with Crippen molar-refractivity contribution < 1.29 is 17.6 Å². The maximum Gasteiger partial charge on any atom is 0.161 e. The number of hydrogen-bond acceptors (Lipinski definition) is 5. The van der Waals surface area contributed by atoms with E-state index in [2.05, 4.69) is 439 Å². The summed E-state index contributed by atoms with van der Waals surface area (Å²) in [7, 11) is 0. The van der Waals surface area contributed by atoms with Crippen LogP contribution in [-0.2, 0) is 0 Å². The lowest BCUT2D eigenvalue weighted by molar-refractivity contribution is 0.616. The summed E-state index contributed by atoms with van der Waals surface area (Å²) in [5.74, 6) is -0.239. The number of nitrogens with zero attached hydrogens (tertiary/aromatic N) is 7. The highest BCUT2D eigenvalue weighted by Gasteiger charge is 2.26. The quantitative estimate of drug-likeness (QED) is 0.108. The van der Waals surface area contributed by atoms with Gasteiger partial charge in [0.1, 0.15) is 39.9 Å². The molecule has 0 spiro atoms. The summed E-state index contributed by atoms with van der Waals surface area (Å²) in [4.78, 5) is 6.80. The van der Waals surface area contributed by atoms with Crippen molar-refractivity contribution in [2.45, 2.75) is 0 Å². The fourth-order valence-corrected chi connectivity index (χ4v) is 21.4. The standard InChI is InChI=1S/C50H34N2O.C43H27N3O.C38H23FN2O/c1-4-12-35(13-5-1)37-20-28-43(29-21-37)52-47-31-25-39(36-14-6-2-7-15-36)32-46(47)44-30-24-40(33-48(44)52)38-22-26-42(27-23-38)51(41-16-8-3-9-17-41)49-34-53-50-19-11-10-18-45(49)50;1-4-13-38-33(9-1)34-25-20-30(27-40(34)45(38)31-23-18-29(19-24-31)37-12-7-8-26-44-37)28-16-21-32(22-17-28)46-39-14-5-2-10-35(39)43-42(46)36-11-3-6-15-41(36)47-43;39-26-16-20-27(21-17-26)40-33-10-4-1-7-29(33)30-22-15-25(23-35(30)40)24-13-18-28(19-14-24)41-34-11-5-2-8-31(34)38-37(41)32-9-3-6-12-36(32)42-38/h1-34H;1-27H;1-23H. The van der Waals surface area contributed by atoms with Crippen molar-refractivity contribution in [2.24, 2.45) is 0 Å². The predicted molar refractivity (Wildman–Crippen MR) is 585 cm³/mol. The Kier molecular flexibility index (Phi) is 19.9. The maximum atomic E-state index is 13.8. The summed E-state index contributed by atoms with van der Waals surface area (Å²) in [6.45, 7) is 0. The van der Waals surface area contributed by atoms with E-state index >= 15 is 0 Å². The summed E-state index contributed by atoms with van der Waals surface area (Å²) in [5, 5.41) is 12.8. The van der Waals surface area contributed by atoms with Gasteiger partial charge in [0.2, 0.25) is 0 Å². The van der Waals surface area contributed by atoms with E-state index in [1.54, 1.807) is 0 Å². The average Bonchev–Trinajstić information content (AvgIpc) is 1.57. The van der Waals surface area contributed by atoms with Crippen LogP contribution in [0.5, 0.6) is 0 Å². The Bertz CT molecular complexity index is 9870. The third-order valence-electron chi connectivity index (χ3n) is 28.1. The topological polar surface area (TPSA) is 80.2 Å². The third kappa shape index (κ3) is 14.1. The Balaban J connectivity index is 0.000000107. The van der Waals surface area contributed by atoms with Crippen molar-refractivity contribution in [2.75, 3.05) is 4.90 Å². The molecule has 29 rings (SSSR count). The zero-order valence-corrected chi connectivity index (χ0v) is 76.7. The second-order valence-electron chi connectivity index (χ2n) is 36.2. The van der Waals surface area contributed by atoms with Gasteiger partial charge in [-0.25, -0.2) is 4.39 Å². The molecule has 0 bridgehead atoms. The molecule has 9 heterocycles. The Morgan fingerprint density at radius 1 is 0.204 bits per heavy atom. The van der Waals surface area contributed by atoms with Gasteiger partial charge in [0, 0.05) is 111 Å². The first-order valence-corrected chi connectivity index (χ1v) is 47.9. The first kappa shape index (κ1) is 82.4. The smallest absolute Gasteiger partial charge is 0.161 e. The van der Waals surface area contributed by atoms with Crippen LogP contribution in [0.2, 0.25) is 0 Å². The number of hydrogen-bond donors (Lipinski definition) is 0. The number of para-hydroxylation sites is 8. The van der Waals surface area contributed by atoms with Crippen molar-refractivity contribution in [3.05, 3.63) is 516 Å². The zero-order chi connectivity index (χ0) is 93.8. The second kappa shape index (κ2) is 34.3. The van der Waals surface area contributed by atoms with E-state index in [9.17, 15) is 4.39 Å². The van der Waals surface area contributed by atoms with E-state index in [4.69, 9.17) is 13.3 Å². The molecule has 11 heteroatoms. The number of fused-ring (bicyclic) bond motifs is 20. The predicted octanol–water partition coefficient (Wildman–Crippen LogP) is 35.8. The highest BCUT2D eigenvalue weighted by molar-refractivity contribution is 6.19. The number of benzene rings is 20. The molecule has 0 atom stereocenters. The van der Waals surface area contributed by atoms with Crippen molar-refractivity contribution in [1.29, 1.82) is 0 Å². The van der Waals surface area contributed by atoms with Gasteiger partial charge in [-0.05, 0) is 268 Å². The molecule has 10 nitrogen and oxygen atoms in total. The molecule has 0 aliphatic heterocycles. The molecule has 0 unspecified atom stereocenters. The summed E-state index contributed by atoms with van der Waals surface area (Å²) in [6, 6.07) is 174. The SMILES string of the molecule is Fc1ccc(-n2c3ccccc3c3ccc(-c4ccc(-n5c6ccccc6c6oc7ccccc7c65)cc4)cc32)cc1.c1ccc(-c2ccc(-n3c4ccc(-c5ccccc5)cc4c4ccc(-c5ccc(N(c6ccccc6)c6coc7ccccc67)cc5)cc43)cc2)cc1.c1ccc(-c2ccc(-n3c4ccccc4c4ccc(-c5ccc(-n6c7ccccc7c7oc8ccccc8c76)cc5)cc43)cc2)nc1. The lowest BCUT2D eigenvalue weighted by Crippen LogP contribution is -2.09. The second-order valence-corrected chi connectivity index (χ2v) is 36.2. The Hall–Kier alpha value is -19.1. The number of pyridine rings is 1. The van der Waals surface area contributed by atoms with Gasteiger partial charge in [-0.3, -0.25) is 4.98 Å². The molecule has 0 saturated heterocycles. The molecule has 20 aromatic carbocycles. The first-order chi connectivity index (χ1) is 70.3. The van der Waals surface area contributed by atoms with E-state index < -0.39 is 0 Å². The van der Waals surface area contributed by atoms with Gasteiger partial charge in [0.15, 0.2) is 11.2 Å². The molecule has 0 amide bonds. The minimum atomic E-state index is -0.239. The van der Waals surface area contributed by atoms with E-state index in [1.807, 2.05) is 91.3 Å². The van der Waals surface area contributed by atoms with Gasteiger partial charge in [0.25, 0.3) is 0 Å². The number of furan rings is 3. The molecule has 142 heavy (non-hydrogen) atoms. The van der Waals surface area contributed by atoms with Crippen LogP contribution in [0.4, 0.5) is 21.5 Å². The van der Waals surface area contributed by atoms with Crippen LogP contribution in [0.1, 0.15) is 0 Å². The average molecular weight is 1820 g/mol. The van der Waals surface area contributed by atoms with Crippen molar-refractivity contribution >= 4 is 159 Å². The van der Waals surface area contributed by atoms with Crippen LogP contribution in [-0.4, -0.2) is 27.8 Å². The molecule has 0 N–H and O–H groups in total. The van der Waals surface area contributed by atoms with Crippen LogP contribution < -0.4 is 4.90 Å². The number of rotatable bonds is 14. The van der Waals surface area contributed by atoms with Crippen LogP contribution in [0.15, 0.2) is 523 Å². The Labute approximate surface area is 815 Å². The molecular weight excluding hydrogens is 1740 g/mol. The normalized spacial score (nSPS) is 11.7. The van der Waals surface area contributed by atoms with Gasteiger partial charge < -0.3 is 41.0 Å². The number of anilines is 3. The van der Waals surface area contributed by atoms with Crippen LogP contribution >= 0.6 is 0 Å². The molecule has 0 aliphatic carbocycles. The van der Waals surface area contributed by atoms with Crippen molar-refractivity contribution in [3.8, 4) is 95.3 Å². The highest BCUT2D eigenvalue weighted by Crippen LogP contribution is 2.47. The largest absolute Gasteiger partial charge is 0.462 e. The van der Waals surface area contributed by atoms with Crippen LogP contribution in [0.25, 0.3) is 238 Å². The fraction of sp³-hybridized carbons (Fsp3) is 0. The molecule has 0 aliphatic rings. The van der Waals surface area contributed by atoms with E-state index in [0.29, 0.717) is 0 Å². The molecule has 668 valence electrons. The summed E-state index contributed by atoms with van der Waals surface area (Å²) in [6.07, 6.45) is 3.69. The summed E-state index contributed by atoms with van der Waals surface area (Å²) < 4.78 is 44.1. The Morgan fingerprint density at radius 2 is 0.514 bits per heavy atom. The number of aromatic nitrogens is 6. The van der Waals surface area contributed by atoms with E-state index in [1.165, 1.54) is 99.9 Å². The minimum absolute atomic E-state index is 0.239. The first-order valence-electron chi connectivity index (χ1n) is 47.9. The minimum Gasteiger partial charge on any atom is -0.462 e. The summed E-state index contributed by atoms with van der Waals surface area (Å²) in [5.41, 5.74) is 38.3. The lowest BCUT2D eigenvalue weighted by Gasteiger charge is -2.24. The highest BCUT2D eigenvalue weighted by atomic mass is 19.1. The monoisotopic (exact) mass is 1820 g/mol. The fourth-order valence-electron chi connectivity index (χ4n) is 21.4. The van der Waals surface area contributed by atoms with Gasteiger partial charge in [-0.2, -0.15) is 0 Å². The molecule has 0 saturated carbocycles. The zero-order valence-electron chi connectivity index (χ0n) is 76.7. The van der Waals surface area contributed by atoms with Gasteiger partial charge >= 0.3 is 0 Å². The summed E-state index contributed by atoms with van der Waals surface area (Å²) >= 11 is 0. The van der Waals surface area contributed by atoms with E-state index in [-0.39, 0.29) is 5.82 Å². The Morgan fingerprint density at radius 3 is 0.979 bits per heavy atom. The molecule has 9 aromatic heterocycles. The van der Waals surface area contributed by atoms with Gasteiger partial charge in [0.05, 0.1) is 55.5 Å². The molecular formula is C131H84FN7O3. The van der Waals surface area contributed by atoms with Gasteiger partial charge in [-0.15, -0.1) is 0 Å².